The van der Waals surface area contributed by atoms with Crippen molar-refractivity contribution < 1.29 is 0 Å². The summed E-state index contributed by atoms with van der Waals surface area (Å²) in [6.45, 7) is 2.05. The van der Waals surface area contributed by atoms with Crippen LogP contribution in [-0.2, 0) is 6.42 Å². The molecule has 0 saturated carbocycles. The normalized spacial score (nSPS) is 10.9. The molecule has 18 heavy (non-hydrogen) atoms. The van der Waals surface area contributed by atoms with Gasteiger partial charge < -0.3 is 5.73 Å². The Hall–Kier alpha value is -2.36. The fraction of sp³-hybridized carbons (Fsp3) is 0.143. The number of anilines is 1. The first-order valence-electron chi connectivity index (χ1n) is 5.88. The molecule has 2 aromatic heterocycles. The van der Waals surface area contributed by atoms with Crippen LogP contribution in [0.2, 0.25) is 0 Å². The van der Waals surface area contributed by atoms with E-state index in [1.165, 1.54) is 5.56 Å². The van der Waals surface area contributed by atoms with Crippen molar-refractivity contribution >= 4 is 11.3 Å². The summed E-state index contributed by atoms with van der Waals surface area (Å²) < 4.78 is 2.00. The summed E-state index contributed by atoms with van der Waals surface area (Å²) in [5.41, 5.74) is 9.87. The number of pyridine rings is 1. The van der Waals surface area contributed by atoms with Gasteiger partial charge in [0.15, 0.2) is 5.65 Å². The van der Waals surface area contributed by atoms with Crippen LogP contribution in [0.15, 0.2) is 42.6 Å². The molecule has 4 nitrogen and oxygen atoms in total. The Bertz CT molecular complexity index is 700. The maximum absolute atomic E-state index is 5.95. The van der Waals surface area contributed by atoms with Crippen LogP contribution in [-0.4, -0.2) is 14.6 Å². The molecule has 0 spiro atoms. The molecule has 0 aliphatic heterocycles. The SMILES string of the molecule is Cc1ccn2c(Cc3ccccc3N)nnc2c1. The van der Waals surface area contributed by atoms with Gasteiger partial charge in [0.05, 0.1) is 0 Å². The van der Waals surface area contributed by atoms with E-state index in [-0.39, 0.29) is 0 Å². The Labute approximate surface area is 105 Å². The molecule has 3 aromatic rings. The lowest BCUT2D eigenvalue weighted by Crippen LogP contribution is -1.99. The van der Waals surface area contributed by atoms with Crippen molar-refractivity contribution in [2.45, 2.75) is 13.3 Å². The molecule has 0 radical (unpaired) electrons. The molecule has 2 heterocycles. The number of hydrogen-bond acceptors (Lipinski definition) is 3. The number of nitrogens with zero attached hydrogens (tertiary/aromatic N) is 3. The molecular weight excluding hydrogens is 224 g/mol. The van der Waals surface area contributed by atoms with E-state index in [0.29, 0.717) is 6.42 Å². The molecule has 0 unspecified atom stereocenters. The predicted molar refractivity (Wildman–Crippen MR) is 71.4 cm³/mol. The highest BCUT2D eigenvalue weighted by molar-refractivity contribution is 5.48. The van der Waals surface area contributed by atoms with Gasteiger partial charge in [-0.25, -0.2) is 0 Å². The standard InChI is InChI=1S/C14H14N4/c1-10-6-7-18-13(8-10)16-17-14(18)9-11-4-2-3-5-12(11)15/h2-8H,9,15H2,1H3. The lowest BCUT2D eigenvalue weighted by atomic mass is 10.1. The summed E-state index contributed by atoms with van der Waals surface area (Å²) in [5, 5.41) is 8.41. The van der Waals surface area contributed by atoms with Gasteiger partial charge in [0, 0.05) is 18.3 Å². The molecule has 0 bridgehead atoms. The number of hydrogen-bond donors (Lipinski definition) is 1. The van der Waals surface area contributed by atoms with Crippen LogP contribution in [0.4, 0.5) is 5.69 Å². The summed E-state index contributed by atoms with van der Waals surface area (Å²) in [7, 11) is 0. The molecule has 3 rings (SSSR count). The first-order chi connectivity index (χ1) is 8.74. The van der Waals surface area contributed by atoms with Gasteiger partial charge in [0.1, 0.15) is 5.82 Å². The average Bonchev–Trinajstić information content (AvgIpc) is 2.74. The molecule has 0 aliphatic carbocycles. The van der Waals surface area contributed by atoms with E-state index in [1.807, 2.05) is 53.9 Å². The second kappa shape index (κ2) is 4.14. The van der Waals surface area contributed by atoms with Crippen molar-refractivity contribution in [3.63, 3.8) is 0 Å². The topological polar surface area (TPSA) is 56.2 Å². The van der Waals surface area contributed by atoms with Gasteiger partial charge >= 0.3 is 0 Å². The summed E-state index contributed by atoms with van der Waals surface area (Å²) in [4.78, 5) is 0. The lowest BCUT2D eigenvalue weighted by Gasteiger charge is -2.04. The minimum Gasteiger partial charge on any atom is -0.398 e. The van der Waals surface area contributed by atoms with Crippen LogP contribution in [0.1, 0.15) is 17.0 Å². The van der Waals surface area contributed by atoms with Crippen LogP contribution < -0.4 is 5.73 Å². The molecule has 0 saturated heterocycles. The van der Waals surface area contributed by atoms with E-state index >= 15 is 0 Å². The van der Waals surface area contributed by atoms with Crippen LogP contribution >= 0.6 is 0 Å². The predicted octanol–water partition coefficient (Wildman–Crippen LogP) is 2.21. The third-order valence-corrected chi connectivity index (χ3v) is 3.04. The fourth-order valence-corrected chi connectivity index (χ4v) is 2.03. The number of fused-ring (bicyclic) bond motifs is 1. The quantitative estimate of drug-likeness (QED) is 0.696. The number of aryl methyl sites for hydroxylation is 1. The van der Waals surface area contributed by atoms with Gasteiger partial charge in [0.25, 0.3) is 0 Å². The van der Waals surface area contributed by atoms with E-state index in [4.69, 9.17) is 5.73 Å². The Morgan fingerprint density at radius 3 is 2.83 bits per heavy atom. The molecule has 0 amide bonds. The van der Waals surface area contributed by atoms with Crippen LogP contribution in [0.25, 0.3) is 5.65 Å². The minimum atomic E-state index is 0.691. The summed E-state index contributed by atoms with van der Waals surface area (Å²) in [6.07, 6.45) is 2.69. The zero-order valence-corrected chi connectivity index (χ0v) is 10.2. The van der Waals surface area contributed by atoms with E-state index < -0.39 is 0 Å². The fourth-order valence-electron chi connectivity index (χ4n) is 2.03. The maximum Gasteiger partial charge on any atom is 0.161 e. The molecule has 1 aromatic carbocycles. The van der Waals surface area contributed by atoms with E-state index in [0.717, 1.165) is 22.7 Å². The number of nitrogens with two attached hydrogens (primary N) is 1. The first-order valence-corrected chi connectivity index (χ1v) is 5.88. The van der Waals surface area contributed by atoms with Crippen LogP contribution in [0.3, 0.4) is 0 Å². The highest BCUT2D eigenvalue weighted by Crippen LogP contribution is 2.16. The van der Waals surface area contributed by atoms with E-state index in [2.05, 4.69) is 10.2 Å². The Morgan fingerprint density at radius 2 is 2.00 bits per heavy atom. The summed E-state index contributed by atoms with van der Waals surface area (Å²) in [6, 6.07) is 11.9. The van der Waals surface area contributed by atoms with Crippen molar-refractivity contribution in [3.8, 4) is 0 Å². The van der Waals surface area contributed by atoms with Crippen molar-refractivity contribution in [2.75, 3.05) is 5.73 Å². The molecule has 0 fully saturated rings. The third-order valence-electron chi connectivity index (χ3n) is 3.04. The molecule has 90 valence electrons. The maximum atomic E-state index is 5.95. The minimum absolute atomic E-state index is 0.691. The van der Waals surface area contributed by atoms with Crippen LogP contribution in [0.5, 0.6) is 0 Å². The van der Waals surface area contributed by atoms with Crippen molar-refractivity contribution in [3.05, 3.63) is 59.5 Å². The van der Waals surface area contributed by atoms with E-state index in [1.54, 1.807) is 0 Å². The van der Waals surface area contributed by atoms with Gasteiger partial charge in [-0.05, 0) is 36.2 Å². The number of rotatable bonds is 2. The highest BCUT2D eigenvalue weighted by atomic mass is 15.2. The largest absolute Gasteiger partial charge is 0.398 e. The monoisotopic (exact) mass is 238 g/mol. The van der Waals surface area contributed by atoms with Crippen LogP contribution in [0, 0.1) is 6.92 Å². The molecule has 4 heteroatoms. The molecule has 0 aliphatic rings. The van der Waals surface area contributed by atoms with Crippen molar-refractivity contribution in [2.24, 2.45) is 0 Å². The summed E-state index contributed by atoms with van der Waals surface area (Å²) in [5.74, 6) is 0.905. The van der Waals surface area contributed by atoms with Gasteiger partial charge in [-0.1, -0.05) is 18.2 Å². The number of nitrogen functional groups attached to an aromatic ring is 1. The number of benzene rings is 1. The van der Waals surface area contributed by atoms with Gasteiger partial charge in [-0.15, -0.1) is 10.2 Å². The van der Waals surface area contributed by atoms with Crippen molar-refractivity contribution in [1.29, 1.82) is 0 Å². The smallest absolute Gasteiger partial charge is 0.161 e. The zero-order chi connectivity index (χ0) is 12.5. The molecule has 0 atom stereocenters. The second-order valence-electron chi connectivity index (χ2n) is 4.42. The van der Waals surface area contributed by atoms with Gasteiger partial charge in [-0.2, -0.15) is 0 Å². The average molecular weight is 238 g/mol. The highest BCUT2D eigenvalue weighted by Gasteiger charge is 2.07. The van der Waals surface area contributed by atoms with Gasteiger partial charge in [0.2, 0.25) is 0 Å². The Morgan fingerprint density at radius 1 is 1.17 bits per heavy atom. The van der Waals surface area contributed by atoms with E-state index in [9.17, 15) is 0 Å². The zero-order valence-electron chi connectivity index (χ0n) is 10.2. The Kier molecular flexibility index (Phi) is 2.48. The molecule has 2 N–H and O–H groups in total. The molecular formula is C14H14N4. The summed E-state index contributed by atoms with van der Waals surface area (Å²) >= 11 is 0. The van der Waals surface area contributed by atoms with Crippen molar-refractivity contribution in [1.82, 2.24) is 14.6 Å². The number of para-hydroxylation sites is 1. The van der Waals surface area contributed by atoms with Gasteiger partial charge in [-0.3, -0.25) is 4.40 Å². The first kappa shape index (κ1) is 10.8. The third kappa shape index (κ3) is 1.82. The Balaban J connectivity index is 2.03. The second-order valence-corrected chi connectivity index (χ2v) is 4.42. The lowest BCUT2D eigenvalue weighted by molar-refractivity contribution is 0.935. The number of aromatic nitrogens is 3.